The molecule has 50 heavy (non-hydrogen) atoms. The molecule has 1 fully saturated rings. The molecule has 276 valence electrons. The van der Waals surface area contributed by atoms with E-state index in [1.807, 2.05) is 0 Å². The van der Waals surface area contributed by atoms with Gasteiger partial charge in [-0.15, -0.1) is 0 Å². The third-order valence-electron chi connectivity index (χ3n) is 12.4. The van der Waals surface area contributed by atoms with E-state index in [9.17, 15) is 0 Å². The first-order valence-corrected chi connectivity index (χ1v) is 24.4. The average molecular weight is 717 g/mol. The van der Waals surface area contributed by atoms with Crippen LogP contribution in [0.3, 0.4) is 0 Å². The highest BCUT2D eigenvalue weighted by molar-refractivity contribution is 6.99. The lowest BCUT2D eigenvalue weighted by Gasteiger charge is -2.47. The summed E-state index contributed by atoms with van der Waals surface area (Å²) in [4.78, 5) is 0. The molecule has 0 amide bonds. The largest absolute Gasteiger partial charge is 0.413 e. The van der Waals surface area contributed by atoms with Crippen molar-refractivity contribution in [2.24, 2.45) is 23.7 Å². The van der Waals surface area contributed by atoms with Crippen LogP contribution in [-0.4, -0.2) is 47.3 Å². The minimum atomic E-state index is -2.59. The van der Waals surface area contributed by atoms with E-state index in [0.717, 1.165) is 32.1 Å². The second-order valence-electron chi connectivity index (χ2n) is 17.2. The van der Waals surface area contributed by atoms with Gasteiger partial charge in [-0.05, 0) is 96.4 Å². The Balaban J connectivity index is 1.30. The monoisotopic (exact) mass is 716 g/mol. The van der Waals surface area contributed by atoms with Gasteiger partial charge in [0.05, 0.1) is 18.3 Å². The first-order valence-electron chi connectivity index (χ1n) is 19.9. The van der Waals surface area contributed by atoms with Crippen molar-refractivity contribution < 1.29 is 18.3 Å². The van der Waals surface area contributed by atoms with E-state index >= 15 is 0 Å². The van der Waals surface area contributed by atoms with E-state index in [-0.39, 0.29) is 17.2 Å². The van der Waals surface area contributed by atoms with Crippen LogP contribution in [0.15, 0.2) is 84.5 Å². The van der Waals surface area contributed by atoms with Crippen molar-refractivity contribution >= 4 is 27.0 Å². The Bertz CT molecular complexity index is 1360. The first kappa shape index (κ1) is 39.4. The molecule has 0 N–H and O–H groups in total. The number of ether oxygens (including phenoxy) is 2. The van der Waals surface area contributed by atoms with E-state index in [2.05, 4.69) is 148 Å². The molecule has 1 saturated heterocycles. The Morgan fingerprint density at radius 3 is 1.88 bits per heavy atom. The van der Waals surface area contributed by atoms with E-state index < -0.39 is 22.4 Å². The predicted molar refractivity (Wildman–Crippen MR) is 215 cm³/mol. The number of hydrogen-bond acceptors (Lipinski definition) is 4. The van der Waals surface area contributed by atoms with Crippen molar-refractivity contribution in [1.29, 1.82) is 0 Å². The summed E-state index contributed by atoms with van der Waals surface area (Å²) in [5, 5.41) is 2.60. The molecule has 6 heteroatoms. The van der Waals surface area contributed by atoms with Crippen molar-refractivity contribution in [3.05, 3.63) is 84.5 Å². The lowest BCUT2D eigenvalue weighted by molar-refractivity contribution is -0.302. The van der Waals surface area contributed by atoms with E-state index in [0.29, 0.717) is 36.4 Å². The highest BCUT2D eigenvalue weighted by Crippen LogP contribution is 2.47. The molecule has 0 aromatic heterocycles. The van der Waals surface area contributed by atoms with Gasteiger partial charge in [-0.25, -0.2) is 0 Å². The summed E-state index contributed by atoms with van der Waals surface area (Å²) < 4.78 is 27.9. The second kappa shape index (κ2) is 16.5. The molecule has 5 rings (SSSR count). The number of benzene rings is 2. The maximum absolute atomic E-state index is 7.35. The topological polar surface area (TPSA) is 36.9 Å². The Kier molecular flexibility index (Phi) is 13.0. The molecule has 2 aromatic carbocycles. The van der Waals surface area contributed by atoms with Crippen LogP contribution in [0.5, 0.6) is 0 Å². The van der Waals surface area contributed by atoms with E-state index in [1.165, 1.54) is 34.1 Å². The van der Waals surface area contributed by atoms with Crippen LogP contribution < -0.4 is 10.4 Å². The molecule has 0 saturated carbocycles. The predicted octanol–water partition coefficient (Wildman–Crippen LogP) is 10.4. The molecular formula is C44H68O4Si2. The molecule has 0 unspecified atom stereocenters. The van der Waals surface area contributed by atoms with Gasteiger partial charge in [-0.1, -0.05) is 134 Å². The zero-order chi connectivity index (χ0) is 36.2. The van der Waals surface area contributed by atoms with Crippen LogP contribution in [0.4, 0.5) is 0 Å². The molecule has 0 bridgehead atoms. The van der Waals surface area contributed by atoms with Crippen LogP contribution >= 0.6 is 0 Å². The molecule has 0 radical (unpaired) electrons. The van der Waals surface area contributed by atoms with Crippen molar-refractivity contribution in [2.45, 2.75) is 149 Å². The Morgan fingerprint density at radius 2 is 1.34 bits per heavy atom. The summed E-state index contributed by atoms with van der Waals surface area (Å²) in [7, 11) is -4.32. The van der Waals surface area contributed by atoms with Crippen molar-refractivity contribution in [2.75, 3.05) is 6.61 Å². The molecule has 1 aliphatic heterocycles. The zero-order valence-corrected chi connectivity index (χ0v) is 35.0. The minimum absolute atomic E-state index is 0.0432. The fourth-order valence-corrected chi connectivity index (χ4v) is 17.1. The van der Waals surface area contributed by atoms with Crippen LogP contribution in [0, 0.1) is 23.7 Å². The number of allylic oxidation sites excluding steroid dienone is 3. The Labute approximate surface area is 307 Å². The van der Waals surface area contributed by atoms with Crippen molar-refractivity contribution in [1.82, 2.24) is 0 Å². The maximum atomic E-state index is 7.35. The molecule has 1 heterocycles. The lowest BCUT2D eigenvalue weighted by atomic mass is 9.65. The quantitative estimate of drug-likeness (QED) is 0.182. The Hall–Kier alpha value is -1.81. The molecule has 2 aliphatic carbocycles. The van der Waals surface area contributed by atoms with E-state index in [4.69, 9.17) is 18.3 Å². The smallest absolute Gasteiger partial charge is 0.261 e. The highest BCUT2D eigenvalue weighted by Gasteiger charge is 2.50. The lowest BCUT2D eigenvalue weighted by Crippen LogP contribution is -2.66. The van der Waals surface area contributed by atoms with Gasteiger partial charge in [0.1, 0.15) is 0 Å². The van der Waals surface area contributed by atoms with Crippen LogP contribution in [0.2, 0.25) is 23.2 Å². The normalized spacial score (nSPS) is 28.6. The first-order chi connectivity index (χ1) is 23.8. The standard InChI is InChI=1S/C44H68O4Si2/c1-11-49(12-2,13-3)48-41-31-33(4)30-35-25-24-34(5)40(42(35)41)27-26-36-32-37(47-44(9,10)46-36)28-29-45-50(43(6,7)8,38-20-16-14-17-21-38)39-22-18-15-19-23-39/h14-25,30,33-34,36-37,40-42H,11-13,26-29,31-32H2,1-10H3/t33-,34-,36+,37-,40-,41-,42-/m0/s1. The van der Waals surface area contributed by atoms with Crippen LogP contribution in [-0.2, 0) is 18.3 Å². The van der Waals surface area contributed by atoms with Gasteiger partial charge in [0.2, 0.25) is 0 Å². The van der Waals surface area contributed by atoms with E-state index in [1.54, 1.807) is 0 Å². The van der Waals surface area contributed by atoms with Gasteiger partial charge < -0.3 is 18.3 Å². The summed E-state index contributed by atoms with van der Waals surface area (Å²) in [6.07, 6.45) is 13.1. The van der Waals surface area contributed by atoms with Gasteiger partial charge in [-0.2, -0.15) is 0 Å². The average Bonchev–Trinajstić information content (AvgIpc) is 3.08. The Morgan fingerprint density at radius 1 is 0.780 bits per heavy atom. The van der Waals surface area contributed by atoms with Crippen LogP contribution in [0.25, 0.3) is 0 Å². The maximum Gasteiger partial charge on any atom is 0.261 e. The van der Waals surface area contributed by atoms with Crippen LogP contribution in [0.1, 0.15) is 101 Å². The van der Waals surface area contributed by atoms with Gasteiger partial charge in [-0.3, -0.25) is 0 Å². The fourth-order valence-electron chi connectivity index (χ4n) is 9.60. The summed E-state index contributed by atoms with van der Waals surface area (Å²) in [6.45, 7) is 23.8. The fraction of sp³-hybridized carbons (Fsp3) is 0.636. The molecule has 7 atom stereocenters. The number of fused-ring (bicyclic) bond motifs is 1. The van der Waals surface area contributed by atoms with Gasteiger partial charge in [0.15, 0.2) is 14.1 Å². The summed E-state index contributed by atoms with van der Waals surface area (Å²) in [5.41, 5.74) is 1.52. The molecule has 0 spiro atoms. The summed E-state index contributed by atoms with van der Waals surface area (Å²) in [5.74, 6) is 1.52. The van der Waals surface area contributed by atoms with Gasteiger partial charge in [0, 0.05) is 18.9 Å². The van der Waals surface area contributed by atoms with Gasteiger partial charge >= 0.3 is 0 Å². The SMILES string of the molecule is CC[Si](CC)(CC)O[C@H]1C[C@@H](C)C=C2C=C[C@H](C)[C@H](CC[C@@H]3C[C@H](CCO[Si](c4ccccc4)(c4ccccc4)C(C)(C)C)OC(C)(C)O3)[C@H]21. The summed E-state index contributed by atoms with van der Waals surface area (Å²) >= 11 is 0. The number of rotatable bonds is 14. The van der Waals surface area contributed by atoms with Crippen molar-refractivity contribution in [3.63, 3.8) is 0 Å². The third-order valence-corrected chi connectivity index (χ3v) is 22.1. The minimum Gasteiger partial charge on any atom is -0.413 e. The molecule has 3 aliphatic rings. The third kappa shape index (κ3) is 8.69. The highest BCUT2D eigenvalue weighted by atomic mass is 28.4. The number of hydrogen-bond donors (Lipinski definition) is 0. The zero-order valence-electron chi connectivity index (χ0n) is 33.0. The molecule has 2 aromatic rings. The summed E-state index contributed by atoms with van der Waals surface area (Å²) in [6, 6.07) is 25.5. The second-order valence-corrected chi connectivity index (χ2v) is 26.2. The molecule has 4 nitrogen and oxygen atoms in total. The van der Waals surface area contributed by atoms with Crippen molar-refractivity contribution in [3.8, 4) is 0 Å². The molecular weight excluding hydrogens is 649 g/mol. The van der Waals surface area contributed by atoms with Gasteiger partial charge in [0.25, 0.3) is 8.32 Å².